The zero-order valence-electron chi connectivity index (χ0n) is 17.6. The van der Waals surface area contributed by atoms with Crippen molar-refractivity contribution in [3.8, 4) is 11.3 Å². The highest BCUT2D eigenvalue weighted by atomic mass is 32.1. The average Bonchev–Trinajstić information content (AvgIpc) is 3.24. The molecule has 9 heteroatoms. The van der Waals surface area contributed by atoms with Crippen LogP contribution in [0.25, 0.3) is 22.0 Å². The number of aromatic nitrogens is 3. The van der Waals surface area contributed by atoms with Crippen molar-refractivity contribution in [3.63, 3.8) is 0 Å². The smallest absolute Gasteiger partial charge is 0.278 e. The fraction of sp³-hybridized carbons (Fsp3) is 0.174. The lowest BCUT2D eigenvalue weighted by molar-refractivity contribution is -0.114. The molecule has 0 bridgehead atoms. The van der Waals surface area contributed by atoms with Gasteiger partial charge in [0.05, 0.1) is 11.1 Å². The minimum atomic E-state index is -0.423. The Morgan fingerprint density at radius 2 is 1.75 bits per heavy atom. The maximum atomic E-state index is 13.0. The Balaban J connectivity index is 1.60. The Kier molecular flexibility index (Phi) is 6.09. The molecule has 4 rings (SSSR count). The average molecular weight is 448 g/mol. The van der Waals surface area contributed by atoms with Gasteiger partial charge in [-0.15, -0.1) is 11.3 Å². The number of thiazole rings is 1. The minimum Gasteiger partial charge on any atom is -0.326 e. The molecular formula is C23H21N5O3S. The fourth-order valence-electron chi connectivity index (χ4n) is 3.31. The summed E-state index contributed by atoms with van der Waals surface area (Å²) in [4.78, 5) is 41.3. The predicted octanol–water partition coefficient (Wildman–Crippen LogP) is 4.14. The number of carbonyl (C=O) groups excluding carboxylic acids is 2. The molecule has 162 valence electrons. The molecule has 2 N–H and O–H groups in total. The molecule has 0 saturated heterocycles. The van der Waals surface area contributed by atoms with Crippen LogP contribution in [-0.4, -0.2) is 26.6 Å². The van der Waals surface area contributed by atoms with Crippen LogP contribution in [0, 0.1) is 0 Å². The zero-order chi connectivity index (χ0) is 22.7. The molecule has 0 spiro atoms. The van der Waals surface area contributed by atoms with Gasteiger partial charge in [0.1, 0.15) is 0 Å². The first-order valence-corrected chi connectivity index (χ1v) is 11.0. The molecule has 0 aliphatic carbocycles. The molecule has 2 aromatic heterocycles. The second-order valence-electron chi connectivity index (χ2n) is 7.17. The second-order valence-corrected chi connectivity index (χ2v) is 8.03. The van der Waals surface area contributed by atoms with Gasteiger partial charge in [-0.3, -0.25) is 19.7 Å². The van der Waals surface area contributed by atoms with E-state index in [0.29, 0.717) is 33.8 Å². The number of carbonyl (C=O) groups is 2. The van der Waals surface area contributed by atoms with Crippen molar-refractivity contribution in [3.05, 3.63) is 70.0 Å². The first-order chi connectivity index (χ1) is 15.5. The standard InChI is InChI=1S/C23H21N5O3S/c1-3-12-28-22(31)18-7-5-4-6-17(18)20(27-28)21(30)26-23-25-19(13-32-23)15-8-10-16(11-9-15)24-14(2)29/h4-11,13H,3,12H2,1-2H3,(H,24,29)(H,25,26,30). The molecule has 0 aliphatic heterocycles. The lowest BCUT2D eigenvalue weighted by Gasteiger charge is -2.09. The minimum absolute atomic E-state index is 0.136. The van der Waals surface area contributed by atoms with Crippen molar-refractivity contribution in [2.24, 2.45) is 0 Å². The maximum absolute atomic E-state index is 13.0. The van der Waals surface area contributed by atoms with E-state index in [1.165, 1.54) is 22.9 Å². The Bertz CT molecular complexity index is 1360. The summed E-state index contributed by atoms with van der Waals surface area (Å²) in [6.07, 6.45) is 0.725. The van der Waals surface area contributed by atoms with E-state index in [4.69, 9.17) is 0 Å². The number of benzene rings is 2. The number of nitrogens with zero attached hydrogens (tertiary/aromatic N) is 3. The van der Waals surface area contributed by atoms with E-state index in [0.717, 1.165) is 12.0 Å². The van der Waals surface area contributed by atoms with Crippen LogP contribution >= 0.6 is 11.3 Å². The summed E-state index contributed by atoms with van der Waals surface area (Å²) in [5.74, 6) is -0.559. The maximum Gasteiger partial charge on any atom is 0.278 e. The monoisotopic (exact) mass is 447 g/mol. The summed E-state index contributed by atoms with van der Waals surface area (Å²) >= 11 is 1.30. The van der Waals surface area contributed by atoms with Crippen LogP contribution in [0.15, 0.2) is 58.7 Å². The van der Waals surface area contributed by atoms with E-state index in [1.54, 1.807) is 36.4 Å². The highest BCUT2D eigenvalue weighted by Crippen LogP contribution is 2.26. The van der Waals surface area contributed by atoms with E-state index in [2.05, 4.69) is 20.7 Å². The van der Waals surface area contributed by atoms with Crippen molar-refractivity contribution in [2.75, 3.05) is 10.6 Å². The van der Waals surface area contributed by atoms with Crippen LogP contribution in [0.5, 0.6) is 0 Å². The van der Waals surface area contributed by atoms with Gasteiger partial charge in [-0.25, -0.2) is 9.67 Å². The van der Waals surface area contributed by atoms with E-state index in [1.807, 2.05) is 24.4 Å². The van der Waals surface area contributed by atoms with Crippen molar-refractivity contribution >= 4 is 44.7 Å². The first kappa shape index (κ1) is 21.4. The largest absolute Gasteiger partial charge is 0.326 e. The Hall–Kier alpha value is -3.85. The lowest BCUT2D eigenvalue weighted by atomic mass is 10.1. The fourth-order valence-corrected chi connectivity index (χ4v) is 4.03. The quantitative estimate of drug-likeness (QED) is 0.462. The van der Waals surface area contributed by atoms with Gasteiger partial charge in [0.15, 0.2) is 10.8 Å². The van der Waals surface area contributed by atoms with E-state index < -0.39 is 5.91 Å². The van der Waals surface area contributed by atoms with Crippen LogP contribution in [0.1, 0.15) is 30.8 Å². The number of nitrogens with one attached hydrogen (secondary N) is 2. The molecule has 32 heavy (non-hydrogen) atoms. The van der Waals surface area contributed by atoms with Crippen molar-refractivity contribution in [1.29, 1.82) is 0 Å². The SMILES string of the molecule is CCCn1nc(C(=O)Nc2nc(-c3ccc(NC(C)=O)cc3)cs2)c2ccccc2c1=O. The number of fused-ring (bicyclic) bond motifs is 1. The van der Waals surface area contributed by atoms with Gasteiger partial charge in [-0.05, 0) is 24.6 Å². The van der Waals surface area contributed by atoms with Gasteiger partial charge < -0.3 is 5.32 Å². The van der Waals surface area contributed by atoms with E-state index >= 15 is 0 Å². The summed E-state index contributed by atoms with van der Waals surface area (Å²) in [5, 5.41) is 13.1. The Morgan fingerprint density at radius 1 is 1.03 bits per heavy atom. The zero-order valence-corrected chi connectivity index (χ0v) is 18.4. The number of rotatable bonds is 6. The molecule has 0 aliphatic rings. The Morgan fingerprint density at radius 3 is 2.44 bits per heavy atom. The summed E-state index contributed by atoms with van der Waals surface area (Å²) in [6, 6.07) is 14.3. The summed E-state index contributed by atoms with van der Waals surface area (Å²) in [7, 11) is 0. The third-order valence-electron chi connectivity index (χ3n) is 4.74. The molecule has 8 nitrogen and oxygen atoms in total. The molecule has 0 saturated carbocycles. The van der Waals surface area contributed by atoms with Gasteiger partial charge in [0.2, 0.25) is 5.91 Å². The molecular weight excluding hydrogens is 426 g/mol. The lowest BCUT2D eigenvalue weighted by Crippen LogP contribution is -2.27. The second kappa shape index (κ2) is 9.11. The highest BCUT2D eigenvalue weighted by Gasteiger charge is 2.18. The third-order valence-corrected chi connectivity index (χ3v) is 5.50. The van der Waals surface area contributed by atoms with Crippen LogP contribution in [0.2, 0.25) is 0 Å². The first-order valence-electron chi connectivity index (χ1n) is 10.1. The molecule has 0 atom stereocenters. The van der Waals surface area contributed by atoms with Crippen molar-refractivity contribution < 1.29 is 9.59 Å². The van der Waals surface area contributed by atoms with Crippen LogP contribution in [0.4, 0.5) is 10.8 Å². The molecule has 2 amide bonds. The van der Waals surface area contributed by atoms with Crippen LogP contribution < -0.4 is 16.2 Å². The van der Waals surface area contributed by atoms with Gasteiger partial charge in [-0.1, -0.05) is 37.3 Å². The summed E-state index contributed by atoms with van der Waals surface area (Å²) in [5.41, 5.74) is 2.23. The van der Waals surface area contributed by atoms with Gasteiger partial charge in [0.25, 0.3) is 11.5 Å². The number of hydrogen-bond donors (Lipinski definition) is 2. The van der Waals surface area contributed by atoms with Gasteiger partial charge >= 0.3 is 0 Å². The van der Waals surface area contributed by atoms with E-state index in [9.17, 15) is 14.4 Å². The van der Waals surface area contributed by atoms with Gasteiger partial charge in [-0.2, -0.15) is 5.10 Å². The number of hydrogen-bond acceptors (Lipinski definition) is 6. The third kappa shape index (κ3) is 4.42. The number of aryl methyl sites for hydroxylation is 1. The number of anilines is 2. The molecule has 2 heterocycles. The Labute approximate surface area is 187 Å². The molecule has 0 radical (unpaired) electrons. The van der Waals surface area contributed by atoms with Crippen LogP contribution in [0.3, 0.4) is 0 Å². The normalized spacial score (nSPS) is 10.8. The molecule has 0 fully saturated rings. The molecule has 0 unspecified atom stereocenters. The van der Waals surface area contributed by atoms with E-state index in [-0.39, 0.29) is 17.2 Å². The number of amides is 2. The van der Waals surface area contributed by atoms with Crippen molar-refractivity contribution in [1.82, 2.24) is 14.8 Å². The highest BCUT2D eigenvalue weighted by molar-refractivity contribution is 7.14. The predicted molar refractivity (Wildman–Crippen MR) is 126 cm³/mol. The summed E-state index contributed by atoms with van der Waals surface area (Å²) in [6.45, 7) is 3.83. The topological polar surface area (TPSA) is 106 Å². The summed E-state index contributed by atoms with van der Waals surface area (Å²) < 4.78 is 1.33. The van der Waals surface area contributed by atoms with Gasteiger partial charge in [0, 0.05) is 35.5 Å². The van der Waals surface area contributed by atoms with Crippen molar-refractivity contribution in [2.45, 2.75) is 26.8 Å². The van der Waals surface area contributed by atoms with Crippen LogP contribution in [-0.2, 0) is 11.3 Å². The molecule has 4 aromatic rings. The molecule has 2 aromatic carbocycles.